The molecule has 0 bridgehead atoms. The molecule has 0 aliphatic carbocycles. The van der Waals surface area contributed by atoms with Crippen LogP contribution in [0.15, 0.2) is 34.9 Å². The van der Waals surface area contributed by atoms with Crippen molar-refractivity contribution < 1.29 is 9.47 Å². The van der Waals surface area contributed by atoms with Crippen LogP contribution in [0, 0.1) is 0 Å². The van der Waals surface area contributed by atoms with Gasteiger partial charge in [0.05, 0.1) is 24.9 Å². The topological polar surface area (TPSA) is 68.3 Å². The Morgan fingerprint density at radius 3 is 2.78 bits per heavy atom. The number of rotatable bonds is 6. The van der Waals surface area contributed by atoms with Crippen molar-refractivity contribution in [2.75, 3.05) is 26.1 Å². The molecular formula is C15H17BrN4O2S. The van der Waals surface area contributed by atoms with E-state index in [1.807, 2.05) is 18.2 Å². The Labute approximate surface area is 148 Å². The molecule has 0 spiro atoms. The summed E-state index contributed by atoms with van der Waals surface area (Å²) in [5, 5.41) is 14.4. The number of nitrogens with zero attached hydrogens (tertiary/aromatic N) is 2. The van der Waals surface area contributed by atoms with Gasteiger partial charge in [-0.15, -0.1) is 5.10 Å². The summed E-state index contributed by atoms with van der Waals surface area (Å²) in [4.78, 5) is 0. The van der Waals surface area contributed by atoms with E-state index in [1.165, 1.54) is 0 Å². The summed E-state index contributed by atoms with van der Waals surface area (Å²) in [6.07, 6.45) is 2.36. The zero-order chi connectivity index (χ0) is 16.7. The minimum Gasteiger partial charge on any atom is -0.497 e. The van der Waals surface area contributed by atoms with E-state index in [-0.39, 0.29) is 0 Å². The van der Waals surface area contributed by atoms with Crippen LogP contribution in [0.25, 0.3) is 0 Å². The van der Waals surface area contributed by atoms with Gasteiger partial charge in [-0.25, -0.2) is 0 Å². The molecule has 23 heavy (non-hydrogen) atoms. The van der Waals surface area contributed by atoms with Gasteiger partial charge in [0.2, 0.25) is 0 Å². The minimum absolute atomic E-state index is 0.485. The fourth-order valence-electron chi connectivity index (χ4n) is 1.92. The van der Waals surface area contributed by atoms with Gasteiger partial charge in [-0.3, -0.25) is 0 Å². The second-order valence-corrected chi connectivity index (χ2v) is 5.80. The Balaban J connectivity index is 1.87. The molecule has 2 N–H and O–H groups in total. The van der Waals surface area contributed by atoms with Crippen LogP contribution in [-0.4, -0.2) is 36.1 Å². The molecule has 1 aromatic carbocycles. The van der Waals surface area contributed by atoms with E-state index in [1.54, 1.807) is 26.5 Å². The third kappa shape index (κ3) is 5.04. The number of ether oxygens (including phenoxy) is 2. The van der Waals surface area contributed by atoms with Crippen LogP contribution in [0.4, 0.5) is 5.82 Å². The molecule has 1 aromatic heterocycles. The lowest BCUT2D eigenvalue weighted by Crippen LogP contribution is -2.30. The van der Waals surface area contributed by atoms with Crippen LogP contribution >= 0.6 is 28.1 Å². The van der Waals surface area contributed by atoms with Crippen molar-refractivity contribution in [1.82, 2.24) is 15.5 Å². The average Bonchev–Trinajstić information content (AvgIpc) is 2.57. The van der Waals surface area contributed by atoms with Crippen molar-refractivity contribution in [3.8, 4) is 11.5 Å². The fourth-order valence-corrected chi connectivity index (χ4v) is 2.42. The van der Waals surface area contributed by atoms with Gasteiger partial charge in [-0.1, -0.05) is 6.07 Å². The van der Waals surface area contributed by atoms with Gasteiger partial charge in [-0.2, -0.15) is 5.10 Å². The minimum atomic E-state index is 0.485. The smallest absolute Gasteiger partial charge is 0.172 e. The summed E-state index contributed by atoms with van der Waals surface area (Å²) in [7, 11) is 3.27. The lowest BCUT2D eigenvalue weighted by Gasteiger charge is -2.12. The van der Waals surface area contributed by atoms with Crippen LogP contribution < -0.4 is 20.1 Å². The SMILES string of the molecule is COc1ccc(CCNC(=S)Nc2nnccc2Br)c(OC)c1. The molecule has 0 saturated heterocycles. The van der Waals surface area contributed by atoms with Gasteiger partial charge < -0.3 is 20.1 Å². The first kappa shape index (κ1) is 17.4. The van der Waals surface area contributed by atoms with E-state index >= 15 is 0 Å². The highest BCUT2D eigenvalue weighted by atomic mass is 79.9. The van der Waals surface area contributed by atoms with Gasteiger partial charge in [0.25, 0.3) is 0 Å². The molecule has 8 heteroatoms. The predicted octanol–water partition coefficient (Wildman–Crippen LogP) is 2.79. The Kier molecular flexibility index (Phi) is 6.54. The Morgan fingerprint density at radius 2 is 2.09 bits per heavy atom. The number of hydrogen-bond acceptors (Lipinski definition) is 5. The Morgan fingerprint density at radius 1 is 1.26 bits per heavy atom. The summed E-state index contributed by atoms with van der Waals surface area (Å²) in [6.45, 7) is 0.659. The molecule has 122 valence electrons. The van der Waals surface area contributed by atoms with Crippen molar-refractivity contribution in [3.63, 3.8) is 0 Å². The molecule has 0 atom stereocenters. The van der Waals surface area contributed by atoms with E-state index in [4.69, 9.17) is 21.7 Å². The second kappa shape index (κ2) is 8.64. The molecule has 2 rings (SSSR count). The molecule has 0 aliphatic rings. The largest absolute Gasteiger partial charge is 0.497 e. The molecule has 0 fully saturated rings. The zero-order valence-electron chi connectivity index (χ0n) is 12.8. The van der Waals surface area contributed by atoms with E-state index < -0.39 is 0 Å². The molecule has 6 nitrogen and oxygen atoms in total. The summed E-state index contributed by atoms with van der Waals surface area (Å²) >= 11 is 8.63. The first-order valence-electron chi connectivity index (χ1n) is 6.87. The number of halogens is 1. The molecule has 2 aromatic rings. The maximum atomic E-state index is 5.38. The lowest BCUT2D eigenvalue weighted by molar-refractivity contribution is 0.391. The molecule has 0 saturated carbocycles. The summed E-state index contributed by atoms with van der Waals surface area (Å²) < 4.78 is 11.4. The van der Waals surface area contributed by atoms with Crippen molar-refractivity contribution in [2.24, 2.45) is 0 Å². The highest BCUT2D eigenvalue weighted by Gasteiger charge is 2.06. The first-order chi connectivity index (χ1) is 11.1. The molecule has 0 amide bonds. The maximum absolute atomic E-state index is 5.38. The monoisotopic (exact) mass is 396 g/mol. The highest BCUT2D eigenvalue weighted by Crippen LogP contribution is 2.24. The number of aromatic nitrogens is 2. The van der Waals surface area contributed by atoms with E-state index in [2.05, 4.69) is 36.8 Å². The molecular weight excluding hydrogens is 380 g/mol. The summed E-state index contributed by atoms with van der Waals surface area (Å²) in [5.41, 5.74) is 1.07. The summed E-state index contributed by atoms with van der Waals surface area (Å²) in [5.74, 6) is 2.14. The number of hydrogen-bond donors (Lipinski definition) is 2. The third-order valence-corrected chi connectivity index (χ3v) is 3.96. The van der Waals surface area contributed by atoms with Crippen LogP contribution in [0.1, 0.15) is 5.56 Å². The van der Waals surface area contributed by atoms with Crippen LogP contribution in [-0.2, 0) is 6.42 Å². The second-order valence-electron chi connectivity index (χ2n) is 4.54. The first-order valence-corrected chi connectivity index (χ1v) is 8.07. The van der Waals surface area contributed by atoms with Crippen molar-refractivity contribution in [3.05, 3.63) is 40.5 Å². The van der Waals surface area contributed by atoms with Gasteiger partial charge in [-0.05, 0) is 52.3 Å². The van der Waals surface area contributed by atoms with Crippen molar-refractivity contribution >= 4 is 39.1 Å². The Bertz CT molecular complexity index is 684. The normalized spacial score (nSPS) is 10.0. The van der Waals surface area contributed by atoms with E-state index in [0.29, 0.717) is 17.5 Å². The predicted molar refractivity (Wildman–Crippen MR) is 97.2 cm³/mol. The zero-order valence-corrected chi connectivity index (χ0v) is 15.2. The fraction of sp³-hybridized carbons (Fsp3) is 0.267. The van der Waals surface area contributed by atoms with E-state index in [0.717, 1.165) is 28.0 Å². The van der Waals surface area contributed by atoms with Gasteiger partial charge in [0, 0.05) is 12.6 Å². The van der Waals surface area contributed by atoms with Crippen LogP contribution in [0.2, 0.25) is 0 Å². The van der Waals surface area contributed by atoms with Gasteiger partial charge >= 0.3 is 0 Å². The van der Waals surface area contributed by atoms with Crippen molar-refractivity contribution in [1.29, 1.82) is 0 Å². The van der Waals surface area contributed by atoms with Crippen LogP contribution in [0.5, 0.6) is 11.5 Å². The van der Waals surface area contributed by atoms with E-state index in [9.17, 15) is 0 Å². The molecule has 0 unspecified atom stereocenters. The lowest BCUT2D eigenvalue weighted by atomic mass is 10.1. The number of thiocarbonyl (C=S) groups is 1. The van der Waals surface area contributed by atoms with Gasteiger partial charge in [0.1, 0.15) is 11.5 Å². The number of methoxy groups -OCH3 is 2. The maximum Gasteiger partial charge on any atom is 0.172 e. The van der Waals surface area contributed by atoms with Gasteiger partial charge in [0.15, 0.2) is 10.9 Å². The quantitative estimate of drug-likeness (QED) is 0.727. The molecule has 0 aliphatic heterocycles. The van der Waals surface area contributed by atoms with Crippen molar-refractivity contribution in [2.45, 2.75) is 6.42 Å². The third-order valence-electron chi connectivity index (χ3n) is 3.08. The Hall–Kier alpha value is -1.93. The highest BCUT2D eigenvalue weighted by molar-refractivity contribution is 9.10. The number of anilines is 1. The number of nitrogens with one attached hydrogen (secondary N) is 2. The van der Waals surface area contributed by atoms with Crippen LogP contribution in [0.3, 0.4) is 0 Å². The number of benzene rings is 1. The summed E-state index contributed by atoms with van der Waals surface area (Å²) in [6, 6.07) is 7.54. The standard InChI is InChI=1S/C15H17BrN4O2S/c1-21-11-4-3-10(13(9-11)22-2)5-7-17-15(23)19-14-12(16)6-8-18-20-14/h3-4,6,8-9H,5,7H2,1-2H3,(H2,17,19,20,23). The average molecular weight is 397 g/mol. The molecule has 0 radical (unpaired) electrons. The molecule has 1 heterocycles.